The summed E-state index contributed by atoms with van der Waals surface area (Å²) < 4.78 is 72.6. The lowest BCUT2D eigenvalue weighted by atomic mass is 10.1. The van der Waals surface area contributed by atoms with Crippen LogP contribution in [0.25, 0.3) is 0 Å². The molecule has 1 aromatic rings. The third kappa shape index (κ3) is 3.12. The molecule has 0 aliphatic carbocycles. The number of hydrogen-bond acceptors (Lipinski definition) is 1. The van der Waals surface area contributed by atoms with Crippen molar-refractivity contribution in [2.45, 2.75) is 12.4 Å². The van der Waals surface area contributed by atoms with Gasteiger partial charge in [0.15, 0.2) is 0 Å². The molecule has 8 heteroatoms. The van der Waals surface area contributed by atoms with E-state index in [4.69, 9.17) is 11.6 Å². The fourth-order valence-corrected chi connectivity index (χ4v) is 1.34. The molecule has 0 aliphatic heterocycles. The molecule has 0 fully saturated rings. The van der Waals surface area contributed by atoms with Gasteiger partial charge in [-0.05, 0) is 12.1 Å². The van der Waals surface area contributed by atoms with Crippen LogP contribution in [0.1, 0.15) is 15.9 Å². The van der Waals surface area contributed by atoms with E-state index < -0.39 is 34.3 Å². The molecule has 0 heterocycles. The number of halogens is 7. The van der Waals surface area contributed by atoms with Crippen molar-refractivity contribution in [3.63, 3.8) is 0 Å². The van der Waals surface area contributed by atoms with E-state index in [9.17, 15) is 31.1 Å². The summed E-state index contributed by atoms with van der Waals surface area (Å²) in [4.78, 5) is 10.7. The maximum atomic E-state index is 12.2. The molecule has 0 amide bonds. The van der Waals surface area contributed by atoms with Crippen molar-refractivity contribution in [1.82, 2.24) is 0 Å². The number of benzene rings is 1. The van der Waals surface area contributed by atoms with Crippen LogP contribution in [-0.2, 0) is 6.18 Å². The monoisotopic (exact) mass is 276 g/mol. The predicted molar refractivity (Wildman–Crippen MR) is 46.8 cm³/mol. The highest BCUT2D eigenvalue weighted by molar-refractivity contribution is 6.31. The second-order valence-electron chi connectivity index (χ2n) is 3.02. The number of carbonyl (C=O) groups is 1. The second-order valence-corrected chi connectivity index (χ2v) is 3.43. The molecule has 0 aliphatic rings. The number of rotatable bonds is 1. The van der Waals surface area contributed by atoms with Crippen LogP contribution in [0.2, 0.25) is 5.02 Å². The first-order valence-corrected chi connectivity index (χ1v) is 4.39. The molecule has 0 saturated carbocycles. The van der Waals surface area contributed by atoms with E-state index in [0.717, 1.165) is 0 Å². The number of alkyl halides is 6. The Balaban J connectivity index is 3.19. The van der Waals surface area contributed by atoms with Crippen molar-refractivity contribution in [1.29, 1.82) is 0 Å². The van der Waals surface area contributed by atoms with E-state index in [-0.39, 0.29) is 0 Å². The van der Waals surface area contributed by atoms with Crippen molar-refractivity contribution in [2.75, 3.05) is 0 Å². The Bertz CT molecular complexity index is 448. The number of Topliss-reactive ketones (excluding diaryl/α,β-unsaturated/α-hetero) is 1. The minimum absolute atomic E-state index is 0.335. The van der Waals surface area contributed by atoms with Crippen LogP contribution >= 0.6 is 11.6 Å². The van der Waals surface area contributed by atoms with Crippen molar-refractivity contribution < 1.29 is 31.1 Å². The Morgan fingerprint density at radius 1 is 1.06 bits per heavy atom. The molecule has 0 bridgehead atoms. The van der Waals surface area contributed by atoms with E-state index in [0.29, 0.717) is 18.2 Å². The van der Waals surface area contributed by atoms with E-state index in [1.165, 1.54) is 0 Å². The first-order valence-electron chi connectivity index (χ1n) is 4.02. The summed E-state index contributed by atoms with van der Waals surface area (Å²) in [7, 11) is 0. The lowest BCUT2D eigenvalue weighted by Gasteiger charge is -2.10. The molecule has 0 N–H and O–H groups in total. The Kier molecular flexibility index (Phi) is 3.42. The standard InChI is InChI=1S/C9H3ClF6O/c10-6-3-4(7(17)9(14,15)16)1-2-5(6)8(11,12)13/h1-3H. The first kappa shape index (κ1) is 13.8. The number of ketones is 1. The van der Waals surface area contributed by atoms with Gasteiger partial charge < -0.3 is 0 Å². The van der Waals surface area contributed by atoms with Gasteiger partial charge >= 0.3 is 12.4 Å². The van der Waals surface area contributed by atoms with Gasteiger partial charge in [0.05, 0.1) is 10.6 Å². The smallest absolute Gasteiger partial charge is 0.284 e. The van der Waals surface area contributed by atoms with Gasteiger partial charge in [0.25, 0.3) is 5.78 Å². The van der Waals surface area contributed by atoms with Gasteiger partial charge in [-0.15, -0.1) is 0 Å². The highest BCUT2D eigenvalue weighted by atomic mass is 35.5. The normalized spacial score (nSPS) is 12.6. The largest absolute Gasteiger partial charge is 0.454 e. The molecule has 0 radical (unpaired) electrons. The van der Waals surface area contributed by atoms with Crippen LogP contribution in [0.5, 0.6) is 0 Å². The van der Waals surface area contributed by atoms with Crippen molar-refractivity contribution >= 4 is 17.4 Å². The zero-order chi connectivity index (χ0) is 13.4. The predicted octanol–water partition coefficient (Wildman–Crippen LogP) is 4.10. The molecule has 0 aromatic heterocycles. The van der Waals surface area contributed by atoms with Gasteiger partial charge in [0.2, 0.25) is 0 Å². The minimum atomic E-state index is -5.15. The van der Waals surface area contributed by atoms with E-state index in [2.05, 4.69) is 0 Å². The van der Waals surface area contributed by atoms with Gasteiger partial charge in [-0.3, -0.25) is 4.79 Å². The summed E-state index contributed by atoms with van der Waals surface area (Å²) in [6.07, 6.45) is -9.93. The Morgan fingerprint density at radius 3 is 1.94 bits per heavy atom. The second kappa shape index (κ2) is 4.21. The fraction of sp³-hybridized carbons (Fsp3) is 0.222. The van der Waals surface area contributed by atoms with Crippen molar-refractivity contribution in [3.8, 4) is 0 Å². The van der Waals surface area contributed by atoms with Crippen LogP contribution in [-0.4, -0.2) is 12.0 Å². The highest BCUT2D eigenvalue weighted by Gasteiger charge is 2.40. The van der Waals surface area contributed by atoms with E-state index in [1.54, 1.807) is 0 Å². The highest BCUT2D eigenvalue weighted by Crippen LogP contribution is 2.35. The van der Waals surface area contributed by atoms with Crippen molar-refractivity contribution in [3.05, 3.63) is 34.3 Å². The Morgan fingerprint density at radius 2 is 1.59 bits per heavy atom. The molecule has 0 saturated heterocycles. The maximum Gasteiger partial charge on any atom is 0.454 e. The molecule has 17 heavy (non-hydrogen) atoms. The van der Waals surface area contributed by atoms with Gasteiger partial charge in [-0.25, -0.2) is 0 Å². The molecule has 1 nitrogen and oxygen atoms in total. The van der Waals surface area contributed by atoms with E-state index >= 15 is 0 Å². The molecule has 0 unspecified atom stereocenters. The topological polar surface area (TPSA) is 17.1 Å². The molecule has 1 aromatic carbocycles. The number of carbonyl (C=O) groups excluding carboxylic acids is 1. The summed E-state index contributed by atoms with van der Waals surface area (Å²) in [5, 5.41) is -0.951. The molecule has 0 spiro atoms. The first-order chi connectivity index (χ1) is 7.53. The zero-order valence-electron chi connectivity index (χ0n) is 7.79. The third-order valence-corrected chi connectivity index (χ3v) is 2.11. The lowest BCUT2D eigenvalue weighted by Crippen LogP contribution is -2.22. The van der Waals surface area contributed by atoms with Crippen LogP contribution < -0.4 is 0 Å². The molecular formula is C9H3ClF6O. The van der Waals surface area contributed by atoms with Gasteiger partial charge in [0.1, 0.15) is 0 Å². The summed E-state index contributed by atoms with van der Waals surface area (Å²) in [6, 6.07) is 1.12. The molecule has 94 valence electrons. The summed E-state index contributed by atoms with van der Waals surface area (Å²) in [6.45, 7) is 0. The minimum Gasteiger partial charge on any atom is -0.284 e. The summed E-state index contributed by atoms with van der Waals surface area (Å²) >= 11 is 5.17. The average Bonchev–Trinajstić information content (AvgIpc) is 2.12. The van der Waals surface area contributed by atoms with Crippen LogP contribution in [0.4, 0.5) is 26.3 Å². The molecular weight excluding hydrogens is 274 g/mol. The van der Waals surface area contributed by atoms with Gasteiger partial charge in [-0.2, -0.15) is 26.3 Å². The summed E-state index contributed by atoms with van der Waals surface area (Å²) in [5.74, 6) is -2.24. The zero-order valence-corrected chi connectivity index (χ0v) is 8.54. The SMILES string of the molecule is O=C(c1ccc(C(F)(F)F)c(Cl)c1)C(F)(F)F. The Labute approximate surface area is 96.0 Å². The fourth-order valence-electron chi connectivity index (χ4n) is 1.05. The maximum absolute atomic E-state index is 12.2. The summed E-state index contributed by atoms with van der Waals surface area (Å²) in [5.41, 5.74) is -2.23. The van der Waals surface area contributed by atoms with Crippen LogP contribution in [0.15, 0.2) is 18.2 Å². The number of hydrogen-bond donors (Lipinski definition) is 0. The quantitative estimate of drug-likeness (QED) is 0.557. The lowest BCUT2D eigenvalue weighted by molar-refractivity contribution is -0.137. The average molecular weight is 277 g/mol. The molecule has 1 rings (SSSR count). The van der Waals surface area contributed by atoms with Gasteiger partial charge in [-0.1, -0.05) is 17.7 Å². The van der Waals surface area contributed by atoms with Gasteiger partial charge in [0, 0.05) is 5.56 Å². The Hall–Kier alpha value is -1.24. The van der Waals surface area contributed by atoms with E-state index in [1.807, 2.05) is 0 Å². The van der Waals surface area contributed by atoms with Crippen LogP contribution in [0, 0.1) is 0 Å². The third-order valence-electron chi connectivity index (χ3n) is 1.79. The molecule has 0 atom stereocenters. The van der Waals surface area contributed by atoms with Crippen LogP contribution in [0.3, 0.4) is 0 Å². The van der Waals surface area contributed by atoms with Crippen molar-refractivity contribution in [2.24, 2.45) is 0 Å².